The van der Waals surface area contributed by atoms with E-state index in [9.17, 15) is 18.7 Å². The summed E-state index contributed by atoms with van der Waals surface area (Å²) in [4.78, 5) is 43.6. The van der Waals surface area contributed by atoms with Crippen molar-refractivity contribution in [3.63, 3.8) is 0 Å². The third-order valence-electron chi connectivity index (χ3n) is 3.70. The summed E-state index contributed by atoms with van der Waals surface area (Å²) >= 11 is 0. The predicted molar refractivity (Wildman–Crippen MR) is 91.2 cm³/mol. The largest absolute Gasteiger partial charge is 0.348 e. The van der Waals surface area contributed by atoms with Crippen molar-refractivity contribution in [2.45, 2.75) is 31.8 Å². The highest BCUT2D eigenvalue weighted by Crippen LogP contribution is 2.48. The van der Waals surface area contributed by atoms with Gasteiger partial charge in [0, 0.05) is 37.8 Å². The van der Waals surface area contributed by atoms with Crippen LogP contribution in [-0.2, 0) is 22.9 Å². The molecule has 1 aromatic rings. The average Bonchev–Trinajstić information content (AvgIpc) is 2.90. The number of rotatable bonds is 6. The Hall–Kier alpha value is -1.32. The highest BCUT2D eigenvalue weighted by molar-refractivity contribution is 7.55. The first kappa shape index (κ1) is 21.0. The van der Waals surface area contributed by atoms with Crippen molar-refractivity contribution in [1.29, 1.82) is 0 Å². The minimum absolute atomic E-state index is 0.0444. The molecule has 11 nitrogen and oxygen atoms in total. The molecule has 2 heterocycles. The Labute approximate surface area is 148 Å². The Balaban J connectivity index is 2.35. The minimum Gasteiger partial charge on any atom is -0.348 e. The van der Waals surface area contributed by atoms with E-state index < -0.39 is 44.9 Å². The molecule has 13 heteroatoms. The monoisotopic (exact) mass is 410 g/mol. The molecular weight excluding hydrogens is 390 g/mol. The molecule has 0 amide bonds. The van der Waals surface area contributed by atoms with Crippen LogP contribution in [0, 0.1) is 6.92 Å². The Bertz CT molecular complexity index is 900. The Morgan fingerprint density at radius 2 is 2.04 bits per heavy atom. The molecule has 146 valence electrons. The SMILES string of the molecule is COP(C)(=O)OC1CC(n2cc(C)c(=O)[nH]c2=O)OC1/C=C/P(=O)(O)O. The van der Waals surface area contributed by atoms with Crippen molar-refractivity contribution < 1.29 is 32.7 Å². The first-order valence-corrected chi connectivity index (χ1v) is 11.1. The topological polar surface area (TPSA) is 157 Å². The molecule has 4 unspecified atom stereocenters. The lowest BCUT2D eigenvalue weighted by molar-refractivity contribution is 0.00653. The number of aryl methyl sites for hydroxylation is 1. The second-order valence-electron chi connectivity index (χ2n) is 5.80. The molecule has 1 aliphatic heterocycles. The average molecular weight is 410 g/mol. The maximum absolute atomic E-state index is 12.1. The summed E-state index contributed by atoms with van der Waals surface area (Å²) in [6, 6.07) is 0. The van der Waals surface area contributed by atoms with Gasteiger partial charge in [0.25, 0.3) is 5.56 Å². The van der Waals surface area contributed by atoms with Crippen molar-refractivity contribution in [1.82, 2.24) is 9.55 Å². The van der Waals surface area contributed by atoms with E-state index in [1.807, 2.05) is 0 Å². The van der Waals surface area contributed by atoms with Crippen LogP contribution in [0.5, 0.6) is 0 Å². The molecule has 0 radical (unpaired) electrons. The number of ether oxygens (including phenoxy) is 1. The number of aromatic amines is 1. The summed E-state index contributed by atoms with van der Waals surface area (Å²) in [6.45, 7) is 2.74. The maximum Gasteiger partial charge on any atom is 0.348 e. The predicted octanol–water partition coefficient (Wildman–Crippen LogP) is 0.678. The molecule has 0 saturated carbocycles. The summed E-state index contributed by atoms with van der Waals surface area (Å²) in [5.74, 6) is 0.644. The van der Waals surface area contributed by atoms with Gasteiger partial charge in [-0.3, -0.25) is 23.5 Å². The van der Waals surface area contributed by atoms with Gasteiger partial charge in [-0.1, -0.05) is 0 Å². The molecule has 1 aliphatic rings. The third kappa shape index (κ3) is 5.34. The number of aromatic nitrogens is 2. The van der Waals surface area contributed by atoms with Gasteiger partial charge in [0.15, 0.2) is 0 Å². The molecule has 26 heavy (non-hydrogen) atoms. The molecule has 0 bridgehead atoms. The van der Waals surface area contributed by atoms with Gasteiger partial charge in [0.05, 0.1) is 0 Å². The van der Waals surface area contributed by atoms with Crippen LogP contribution in [-0.4, -0.2) is 45.3 Å². The summed E-state index contributed by atoms with van der Waals surface area (Å²) in [5, 5.41) is 0. The maximum atomic E-state index is 12.1. The van der Waals surface area contributed by atoms with Gasteiger partial charge >= 0.3 is 20.9 Å². The van der Waals surface area contributed by atoms with Crippen molar-refractivity contribution >= 4 is 15.2 Å². The van der Waals surface area contributed by atoms with Crippen LogP contribution in [0.2, 0.25) is 0 Å². The molecule has 0 spiro atoms. The zero-order valence-electron chi connectivity index (χ0n) is 14.3. The number of nitrogens with zero attached hydrogens (tertiary/aromatic N) is 1. The first-order valence-electron chi connectivity index (χ1n) is 7.45. The quantitative estimate of drug-likeness (QED) is 0.574. The van der Waals surface area contributed by atoms with E-state index in [1.54, 1.807) is 0 Å². The molecule has 1 saturated heterocycles. The zero-order valence-corrected chi connectivity index (χ0v) is 16.1. The summed E-state index contributed by atoms with van der Waals surface area (Å²) in [5.41, 5.74) is -0.972. The normalized spacial score (nSPS) is 26.3. The number of hydrogen-bond donors (Lipinski definition) is 3. The minimum atomic E-state index is -4.45. The van der Waals surface area contributed by atoms with E-state index in [1.165, 1.54) is 26.9 Å². The van der Waals surface area contributed by atoms with Crippen LogP contribution in [0.25, 0.3) is 0 Å². The van der Waals surface area contributed by atoms with E-state index in [4.69, 9.17) is 23.6 Å². The lowest BCUT2D eigenvalue weighted by Crippen LogP contribution is -2.33. The number of hydrogen-bond acceptors (Lipinski definition) is 7. The molecular formula is C13H20N2O9P2. The van der Waals surface area contributed by atoms with Gasteiger partial charge < -0.3 is 23.6 Å². The van der Waals surface area contributed by atoms with E-state index in [-0.39, 0.29) is 12.0 Å². The fourth-order valence-electron chi connectivity index (χ4n) is 2.39. The van der Waals surface area contributed by atoms with Crippen molar-refractivity contribution in [2.75, 3.05) is 13.8 Å². The second kappa shape index (κ2) is 7.74. The number of nitrogens with one attached hydrogen (secondary N) is 1. The smallest absolute Gasteiger partial charge is 0.348 e. The third-order valence-corrected chi connectivity index (χ3v) is 5.58. The van der Waals surface area contributed by atoms with Gasteiger partial charge in [0.2, 0.25) is 0 Å². The highest BCUT2D eigenvalue weighted by Gasteiger charge is 2.39. The Kier molecular flexibility index (Phi) is 6.24. The fraction of sp³-hybridized carbons (Fsp3) is 0.538. The van der Waals surface area contributed by atoms with Crippen molar-refractivity contribution in [3.8, 4) is 0 Å². The molecule has 0 aliphatic carbocycles. The first-order chi connectivity index (χ1) is 11.9. The highest BCUT2D eigenvalue weighted by atomic mass is 31.2. The van der Waals surface area contributed by atoms with E-state index in [0.29, 0.717) is 5.82 Å². The zero-order chi connectivity index (χ0) is 19.7. The van der Waals surface area contributed by atoms with Gasteiger partial charge in [-0.15, -0.1) is 0 Å². The Morgan fingerprint density at radius 1 is 1.38 bits per heavy atom. The van der Waals surface area contributed by atoms with Gasteiger partial charge in [0.1, 0.15) is 18.4 Å². The molecule has 2 rings (SSSR count). The molecule has 1 aromatic heterocycles. The number of H-pyrrole nitrogens is 1. The molecule has 0 aromatic carbocycles. The second-order valence-corrected chi connectivity index (χ2v) is 9.39. The van der Waals surface area contributed by atoms with E-state index in [2.05, 4.69) is 4.98 Å². The van der Waals surface area contributed by atoms with Crippen LogP contribution >= 0.6 is 15.2 Å². The van der Waals surface area contributed by atoms with Crippen LogP contribution in [0.15, 0.2) is 27.7 Å². The fourth-order valence-corrected chi connectivity index (χ4v) is 3.57. The summed E-state index contributed by atoms with van der Waals surface area (Å²) in [6.07, 6.45) is -0.341. The van der Waals surface area contributed by atoms with Gasteiger partial charge in [-0.25, -0.2) is 4.79 Å². The van der Waals surface area contributed by atoms with Gasteiger partial charge in [-0.2, -0.15) is 0 Å². The molecule has 4 atom stereocenters. The van der Waals surface area contributed by atoms with Crippen LogP contribution < -0.4 is 11.2 Å². The van der Waals surface area contributed by atoms with E-state index >= 15 is 0 Å². The van der Waals surface area contributed by atoms with Crippen LogP contribution in [0.1, 0.15) is 18.2 Å². The van der Waals surface area contributed by atoms with Crippen molar-refractivity contribution in [3.05, 3.63) is 44.5 Å². The summed E-state index contributed by atoms with van der Waals surface area (Å²) < 4.78 is 40.1. The van der Waals surface area contributed by atoms with Crippen LogP contribution in [0.3, 0.4) is 0 Å². The van der Waals surface area contributed by atoms with E-state index in [0.717, 1.165) is 10.6 Å². The lowest BCUT2D eigenvalue weighted by Gasteiger charge is -2.19. The standard InChI is InChI=1S/C13H20N2O9P2/c1-8-7-15(13(17)14-12(8)16)11-6-10(24-25(3,18)22-2)9(23-11)4-5-26(19,20)21/h4-5,7,9-11H,6H2,1-3H3,(H,14,16,17)(H2,19,20,21)/b5-4+. The lowest BCUT2D eigenvalue weighted by atomic mass is 10.2. The van der Waals surface area contributed by atoms with Crippen molar-refractivity contribution in [2.24, 2.45) is 0 Å². The van der Waals surface area contributed by atoms with Crippen LogP contribution in [0.4, 0.5) is 0 Å². The molecule has 3 N–H and O–H groups in total. The summed E-state index contributed by atoms with van der Waals surface area (Å²) in [7, 11) is -6.68. The van der Waals surface area contributed by atoms with Gasteiger partial charge in [-0.05, 0) is 13.0 Å². The molecule has 1 fully saturated rings. The Morgan fingerprint density at radius 3 is 2.62 bits per heavy atom.